The van der Waals surface area contributed by atoms with Crippen LogP contribution in [0.4, 0.5) is 10.8 Å². The van der Waals surface area contributed by atoms with Crippen LogP contribution < -0.4 is 5.73 Å². The van der Waals surface area contributed by atoms with Crippen molar-refractivity contribution < 1.29 is 4.92 Å². The molecule has 0 aliphatic rings. The number of nitro groups is 1. The number of benzene rings is 5. The van der Waals surface area contributed by atoms with Gasteiger partial charge in [-0.2, -0.15) is 0 Å². The average molecular weight is 515 g/mol. The molecule has 0 saturated carbocycles. The lowest BCUT2D eigenvalue weighted by molar-refractivity contribution is -0.384. The van der Waals surface area contributed by atoms with Crippen molar-refractivity contribution in [2.24, 2.45) is 0 Å². The fourth-order valence-corrected chi connectivity index (χ4v) is 5.61. The number of hydrogen-bond acceptors (Lipinski definition) is 7. The van der Waals surface area contributed by atoms with Gasteiger partial charge < -0.3 is 10.7 Å². The molecule has 38 heavy (non-hydrogen) atoms. The van der Waals surface area contributed by atoms with Crippen LogP contribution in [0.5, 0.6) is 0 Å². The van der Waals surface area contributed by atoms with Crippen LogP contribution in [0.1, 0.15) is 0 Å². The lowest BCUT2D eigenvalue weighted by Gasteiger charge is -2.06. The SMILES string of the molecule is Nc1nnc(-c2cc(-c3ccc(-c4nc5c6ccccc6c6ccccc6c5[nH]4)cc3)ccc2[N+](=O)[O-])s1. The van der Waals surface area contributed by atoms with Gasteiger partial charge in [0.25, 0.3) is 5.69 Å². The van der Waals surface area contributed by atoms with Crippen molar-refractivity contribution in [1.29, 1.82) is 0 Å². The molecule has 0 saturated heterocycles. The number of nitro benzene ring substituents is 1. The molecule has 8 nitrogen and oxygen atoms in total. The van der Waals surface area contributed by atoms with E-state index in [4.69, 9.17) is 10.7 Å². The molecule has 5 aromatic carbocycles. The van der Waals surface area contributed by atoms with Crippen molar-refractivity contribution in [2.75, 3.05) is 5.73 Å². The molecule has 0 spiro atoms. The van der Waals surface area contributed by atoms with E-state index in [1.54, 1.807) is 12.1 Å². The Balaban J connectivity index is 1.32. The molecule has 0 radical (unpaired) electrons. The van der Waals surface area contributed by atoms with Crippen LogP contribution in [0.25, 0.3) is 65.7 Å². The van der Waals surface area contributed by atoms with E-state index in [9.17, 15) is 10.1 Å². The second kappa shape index (κ2) is 8.46. The van der Waals surface area contributed by atoms with E-state index in [1.165, 1.54) is 16.8 Å². The summed E-state index contributed by atoms with van der Waals surface area (Å²) >= 11 is 1.12. The van der Waals surface area contributed by atoms with E-state index >= 15 is 0 Å². The van der Waals surface area contributed by atoms with Gasteiger partial charge in [-0.1, -0.05) is 84.1 Å². The number of fused-ring (bicyclic) bond motifs is 6. The minimum atomic E-state index is -0.422. The molecular formula is C29H18N6O2S. The highest BCUT2D eigenvalue weighted by Crippen LogP contribution is 2.38. The molecule has 182 valence electrons. The molecule has 0 bridgehead atoms. The molecule has 9 heteroatoms. The van der Waals surface area contributed by atoms with Gasteiger partial charge >= 0.3 is 0 Å². The molecule has 0 aliphatic carbocycles. The summed E-state index contributed by atoms with van der Waals surface area (Å²) in [6.07, 6.45) is 0. The zero-order valence-electron chi connectivity index (χ0n) is 19.8. The zero-order chi connectivity index (χ0) is 25.8. The van der Waals surface area contributed by atoms with Gasteiger partial charge in [0.1, 0.15) is 5.82 Å². The fourth-order valence-electron chi connectivity index (χ4n) is 4.97. The van der Waals surface area contributed by atoms with Gasteiger partial charge in [-0.05, 0) is 34.0 Å². The monoisotopic (exact) mass is 514 g/mol. The molecule has 2 aromatic heterocycles. The lowest BCUT2D eigenvalue weighted by atomic mass is 10.0. The Kier molecular flexibility index (Phi) is 4.92. The summed E-state index contributed by atoms with van der Waals surface area (Å²) in [5, 5.41) is 24.7. The number of nitrogens with zero attached hydrogens (tertiary/aromatic N) is 4. The first-order chi connectivity index (χ1) is 18.6. The van der Waals surface area contributed by atoms with Crippen molar-refractivity contribution in [3.63, 3.8) is 0 Å². The number of aromatic nitrogens is 4. The van der Waals surface area contributed by atoms with Crippen LogP contribution in [0.2, 0.25) is 0 Å². The van der Waals surface area contributed by atoms with E-state index < -0.39 is 4.92 Å². The number of imidazole rings is 1. The molecule has 2 heterocycles. The number of nitrogen functional groups attached to an aromatic ring is 1. The number of hydrogen-bond donors (Lipinski definition) is 2. The second-order valence-corrected chi connectivity index (χ2v) is 9.92. The van der Waals surface area contributed by atoms with Crippen LogP contribution in [-0.2, 0) is 0 Å². The molecule has 0 atom stereocenters. The van der Waals surface area contributed by atoms with Crippen LogP contribution in [0, 0.1) is 10.1 Å². The van der Waals surface area contributed by atoms with Gasteiger partial charge in [-0.3, -0.25) is 10.1 Å². The Bertz CT molecular complexity index is 1950. The van der Waals surface area contributed by atoms with Crippen molar-refractivity contribution in [2.45, 2.75) is 0 Å². The van der Waals surface area contributed by atoms with Gasteiger partial charge in [0.05, 0.1) is 21.5 Å². The first-order valence-corrected chi connectivity index (χ1v) is 12.7. The quantitative estimate of drug-likeness (QED) is 0.145. The van der Waals surface area contributed by atoms with Crippen LogP contribution in [-0.4, -0.2) is 25.1 Å². The molecule has 0 aliphatic heterocycles. The number of rotatable bonds is 4. The van der Waals surface area contributed by atoms with E-state index in [1.807, 2.05) is 36.4 Å². The van der Waals surface area contributed by atoms with Gasteiger partial charge in [0.15, 0.2) is 5.01 Å². The Morgan fingerprint density at radius 2 is 1.39 bits per heavy atom. The summed E-state index contributed by atoms with van der Waals surface area (Å²) in [7, 11) is 0. The standard InChI is InChI=1S/C29H18N6O2S/c30-29-34-33-28(38-29)23-15-18(13-14-24(23)35(36)37)16-9-11-17(12-10-16)27-31-25-21-7-3-1-5-19(21)20-6-2-4-8-22(20)26(25)32-27/h1-15H,(H2,30,34)(H,31,32). The summed E-state index contributed by atoms with van der Waals surface area (Å²) in [6, 6.07) is 29.6. The first-order valence-electron chi connectivity index (χ1n) is 11.8. The number of nitrogens with one attached hydrogen (secondary N) is 1. The van der Waals surface area contributed by atoms with Gasteiger partial charge in [0.2, 0.25) is 5.13 Å². The summed E-state index contributed by atoms with van der Waals surface area (Å²) in [5.41, 5.74) is 10.7. The lowest BCUT2D eigenvalue weighted by Crippen LogP contribution is -1.93. The summed E-state index contributed by atoms with van der Waals surface area (Å²) in [4.78, 5) is 19.7. The number of H-pyrrole nitrogens is 1. The zero-order valence-corrected chi connectivity index (χ0v) is 20.6. The van der Waals surface area contributed by atoms with E-state index in [-0.39, 0.29) is 10.8 Å². The second-order valence-electron chi connectivity index (χ2n) is 8.91. The molecule has 0 amide bonds. The fraction of sp³-hybridized carbons (Fsp3) is 0. The maximum atomic E-state index is 11.6. The number of aromatic amines is 1. The van der Waals surface area contributed by atoms with E-state index in [0.717, 1.165) is 55.7 Å². The minimum Gasteiger partial charge on any atom is -0.374 e. The minimum absolute atomic E-state index is 0.0387. The van der Waals surface area contributed by atoms with Crippen molar-refractivity contribution in [3.05, 3.63) is 101 Å². The highest BCUT2D eigenvalue weighted by atomic mass is 32.1. The predicted octanol–water partition coefficient (Wildman–Crippen LogP) is 7.21. The predicted molar refractivity (Wildman–Crippen MR) is 152 cm³/mol. The maximum absolute atomic E-state index is 11.6. The molecule has 7 aromatic rings. The van der Waals surface area contributed by atoms with Gasteiger partial charge in [-0.25, -0.2) is 4.98 Å². The summed E-state index contributed by atoms with van der Waals surface area (Å²) in [5.74, 6) is 0.779. The van der Waals surface area contributed by atoms with Crippen LogP contribution >= 0.6 is 11.3 Å². The van der Waals surface area contributed by atoms with Crippen LogP contribution in [0.15, 0.2) is 91.0 Å². The van der Waals surface area contributed by atoms with E-state index in [0.29, 0.717) is 10.6 Å². The maximum Gasteiger partial charge on any atom is 0.279 e. The first kappa shape index (κ1) is 22.1. The Labute approximate surface area is 219 Å². The topological polar surface area (TPSA) is 124 Å². The Morgan fingerprint density at radius 1 is 0.763 bits per heavy atom. The average Bonchev–Trinajstić information content (AvgIpc) is 3.60. The third-order valence-corrected chi connectivity index (χ3v) is 7.51. The third-order valence-electron chi connectivity index (χ3n) is 6.73. The molecule has 3 N–H and O–H groups in total. The molecule has 0 fully saturated rings. The Morgan fingerprint density at radius 3 is 2.08 bits per heavy atom. The van der Waals surface area contributed by atoms with Crippen molar-refractivity contribution in [3.8, 4) is 33.1 Å². The van der Waals surface area contributed by atoms with Gasteiger partial charge in [-0.15, -0.1) is 10.2 Å². The largest absolute Gasteiger partial charge is 0.374 e. The summed E-state index contributed by atoms with van der Waals surface area (Å²) < 4.78 is 0. The third kappa shape index (κ3) is 3.48. The summed E-state index contributed by atoms with van der Waals surface area (Å²) in [6.45, 7) is 0. The molecule has 0 unspecified atom stereocenters. The number of nitrogens with two attached hydrogens (primary N) is 1. The van der Waals surface area contributed by atoms with Crippen LogP contribution in [0.3, 0.4) is 0 Å². The van der Waals surface area contributed by atoms with E-state index in [2.05, 4.69) is 51.6 Å². The number of anilines is 1. The highest BCUT2D eigenvalue weighted by Gasteiger charge is 2.20. The Hall–Kier alpha value is -5.15. The smallest absolute Gasteiger partial charge is 0.279 e. The molecular weight excluding hydrogens is 496 g/mol. The van der Waals surface area contributed by atoms with Crippen molar-refractivity contribution >= 4 is 54.7 Å². The van der Waals surface area contributed by atoms with Crippen molar-refractivity contribution in [1.82, 2.24) is 20.2 Å². The molecule has 7 rings (SSSR count). The normalized spacial score (nSPS) is 11.5. The van der Waals surface area contributed by atoms with Gasteiger partial charge in [0, 0.05) is 22.4 Å². The highest BCUT2D eigenvalue weighted by molar-refractivity contribution is 7.18.